The van der Waals surface area contributed by atoms with Gasteiger partial charge < -0.3 is 0 Å². The van der Waals surface area contributed by atoms with Crippen LogP contribution in [-0.4, -0.2) is 4.21 Å². The first kappa shape index (κ1) is 14.6. The topological polar surface area (TPSA) is 17.1 Å². The first-order valence-corrected chi connectivity index (χ1v) is 8.14. The summed E-state index contributed by atoms with van der Waals surface area (Å²) in [6, 6.07) is 13.3. The van der Waals surface area contributed by atoms with Gasteiger partial charge in [-0.1, -0.05) is 53.5 Å². The highest BCUT2D eigenvalue weighted by molar-refractivity contribution is 7.83. The van der Waals surface area contributed by atoms with E-state index in [-0.39, 0.29) is 0 Å². The van der Waals surface area contributed by atoms with Gasteiger partial charge in [-0.05, 0) is 30.2 Å². The first-order valence-electron chi connectivity index (χ1n) is 5.90. The van der Waals surface area contributed by atoms with Gasteiger partial charge in [-0.3, -0.25) is 4.21 Å². The van der Waals surface area contributed by atoms with Crippen molar-refractivity contribution in [2.24, 2.45) is 0 Å². The number of rotatable bonds is 4. The molecule has 2 rings (SSSR count). The van der Waals surface area contributed by atoms with Crippen LogP contribution in [0.1, 0.15) is 16.7 Å². The van der Waals surface area contributed by atoms with Crippen LogP contribution in [0.2, 0.25) is 10.0 Å². The van der Waals surface area contributed by atoms with Crippen LogP contribution in [0.4, 0.5) is 0 Å². The highest BCUT2D eigenvalue weighted by atomic mass is 35.5. The molecule has 0 aliphatic heterocycles. The smallest absolute Gasteiger partial charge is 0.0518 e. The van der Waals surface area contributed by atoms with E-state index in [1.54, 1.807) is 18.2 Å². The summed E-state index contributed by atoms with van der Waals surface area (Å²) in [6.07, 6.45) is 0. The van der Waals surface area contributed by atoms with Crippen LogP contribution in [-0.2, 0) is 22.3 Å². The second kappa shape index (κ2) is 6.56. The molecule has 0 fully saturated rings. The summed E-state index contributed by atoms with van der Waals surface area (Å²) in [6.45, 7) is 2.02. The Morgan fingerprint density at radius 1 is 0.947 bits per heavy atom. The summed E-state index contributed by atoms with van der Waals surface area (Å²) in [5, 5.41) is 1.15. The lowest BCUT2D eigenvalue weighted by Crippen LogP contribution is -2.02. The molecule has 0 saturated heterocycles. The van der Waals surface area contributed by atoms with Gasteiger partial charge in [0.05, 0.1) is 5.75 Å². The van der Waals surface area contributed by atoms with Crippen LogP contribution in [0.5, 0.6) is 0 Å². The number of hydrogen-bond acceptors (Lipinski definition) is 1. The summed E-state index contributed by atoms with van der Waals surface area (Å²) in [4.78, 5) is 0. The van der Waals surface area contributed by atoms with E-state index in [0.29, 0.717) is 21.6 Å². The molecular weight excluding hydrogens is 299 g/mol. The van der Waals surface area contributed by atoms with Crippen molar-refractivity contribution >= 4 is 34.0 Å². The molecule has 0 heterocycles. The van der Waals surface area contributed by atoms with E-state index < -0.39 is 10.8 Å². The molecule has 1 unspecified atom stereocenters. The summed E-state index contributed by atoms with van der Waals surface area (Å²) in [5.41, 5.74) is 3.02. The van der Waals surface area contributed by atoms with Gasteiger partial charge in [-0.2, -0.15) is 0 Å². The maximum absolute atomic E-state index is 12.2. The maximum Gasteiger partial charge on any atom is 0.0518 e. The third-order valence-electron chi connectivity index (χ3n) is 2.94. The Kier molecular flexibility index (Phi) is 5.03. The van der Waals surface area contributed by atoms with Crippen molar-refractivity contribution in [2.75, 3.05) is 0 Å². The Balaban J connectivity index is 2.12. The number of hydrogen-bond donors (Lipinski definition) is 0. The molecule has 2 aromatic carbocycles. The van der Waals surface area contributed by atoms with Crippen LogP contribution in [0, 0.1) is 6.92 Å². The molecule has 0 aromatic heterocycles. The molecular formula is C15H14Cl2OS. The molecule has 19 heavy (non-hydrogen) atoms. The Hall–Kier alpha value is -0.830. The van der Waals surface area contributed by atoms with E-state index in [1.807, 2.05) is 31.2 Å². The normalized spacial score (nSPS) is 12.4. The Morgan fingerprint density at radius 2 is 1.58 bits per heavy atom. The van der Waals surface area contributed by atoms with Gasteiger partial charge >= 0.3 is 0 Å². The summed E-state index contributed by atoms with van der Waals surface area (Å²) in [7, 11) is -1.02. The molecule has 0 aliphatic rings. The van der Waals surface area contributed by atoms with Crippen molar-refractivity contribution in [3.05, 3.63) is 69.2 Å². The van der Waals surface area contributed by atoms with E-state index in [9.17, 15) is 4.21 Å². The zero-order valence-corrected chi connectivity index (χ0v) is 12.9. The predicted octanol–water partition coefficient (Wildman–Crippen LogP) is 4.75. The third kappa shape index (κ3) is 3.82. The molecule has 0 bridgehead atoms. The third-order valence-corrected chi connectivity index (χ3v) is 4.90. The lowest BCUT2D eigenvalue weighted by molar-refractivity contribution is 0.682. The molecule has 1 atom stereocenters. The number of benzene rings is 2. The summed E-state index contributed by atoms with van der Waals surface area (Å²) in [5.74, 6) is 0.904. The van der Waals surface area contributed by atoms with Gasteiger partial charge in [0.15, 0.2) is 0 Å². The molecule has 0 aliphatic carbocycles. The largest absolute Gasteiger partial charge is 0.259 e. The quantitative estimate of drug-likeness (QED) is 0.796. The van der Waals surface area contributed by atoms with Gasteiger partial charge in [-0.25, -0.2) is 0 Å². The lowest BCUT2D eigenvalue weighted by atomic mass is 10.1. The highest BCUT2D eigenvalue weighted by Gasteiger charge is 2.11. The Labute approximate surface area is 126 Å². The fraction of sp³-hybridized carbons (Fsp3) is 0.200. The fourth-order valence-electron chi connectivity index (χ4n) is 1.83. The van der Waals surface area contributed by atoms with Gasteiger partial charge in [0.2, 0.25) is 0 Å². The second-order valence-corrected chi connectivity index (χ2v) is 6.63. The van der Waals surface area contributed by atoms with E-state index in [2.05, 4.69) is 0 Å². The van der Waals surface area contributed by atoms with Crippen molar-refractivity contribution in [2.45, 2.75) is 18.4 Å². The molecule has 0 radical (unpaired) electrons. The van der Waals surface area contributed by atoms with Crippen LogP contribution >= 0.6 is 23.2 Å². The molecule has 0 amide bonds. The van der Waals surface area contributed by atoms with E-state index in [1.165, 1.54) is 0 Å². The average Bonchev–Trinajstić information content (AvgIpc) is 2.37. The van der Waals surface area contributed by atoms with Crippen molar-refractivity contribution in [1.82, 2.24) is 0 Å². The molecule has 4 heteroatoms. The van der Waals surface area contributed by atoms with Crippen molar-refractivity contribution in [3.8, 4) is 0 Å². The Morgan fingerprint density at radius 3 is 2.21 bits per heavy atom. The molecule has 100 valence electrons. The number of aryl methyl sites for hydroxylation is 1. The summed E-state index contributed by atoms with van der Waals surface area (Å²) >= 11 is 12.2. The van der Waals surface area contributed by atoms with Crippen molar-refractivity contribution in [3.63, 3.8) is 0 Å². The zero-order valence-electron chi connectivity index (χ0n) is 10.5. The standard InChI is InChI=1S/C15H14Cl2OS/c1-11-5-2-3-6-12(11)9-19(18)10-13-14(16)7-4-8-15(13)17/h2-8H,9-10H2,1H3. The molecule has 0 N–H and O–H groups in total. The molecule has 0 spiro atoms. The zero-order chi connectivity index (χ0) is 13.8. The van der Waals surface area contributed by atoms with Crippen LogP contribution in [0.25, 0.3) is 0 Å². The highest BCUT2D eigenvalue weighted by Crippen LogP contribution is 2.26. The van der Waals surface area contributed by atoms with Crippen LogP contribution in [0.15, 0.2) is 42.5 Å². The number of halogens is 2. The van der Waals surface area contributed by atoms with Crippen LogP contribution < -0.4 is 0 Å². The maximum atomic E-state index is 12.2. The van der Waals surface area contributed by atoms with Gasteiger partial charge in [0, 0.05) is 32.2 Å². The minimum absolute atomic E-state index is 0.382. The lowest BCUT2D eigenvalue weighted by Gasteiger charge is -2.08. The van der Waals surface area contributed by atoms with Gasteiger partial charge in [0.1, 0.15) is 0 Å². The fourth-order valence-corrected chi connectivity index (χ4v) is 3.92. The average molecular weight is 313 g/mol. The van der Waals surface area contributed by atoms with Gasteiger partial charge in [0.25, 0.3) is 0 Å². The monoisotopic (exact) mass is 312 g/mol. The van der Waals surface area contributed by atoms with Crippen molar-refractivity contribution in [1.29, 1.82) is 0 Å². The van der Waals surface area contributed by atoms with Crippen LogP contribution in [0.3, 0.4) is 0 Å². The second-order valence-electron chi connectivity index (χ2n) is 4.36. The minimum Gasteiger partial charge on any atom is -0.259 e. The SMILES string of the molecule is Cc1ccccc1CS(=O)Cc1c(Cl)cccc1Cl. The molecule has 1 nitrogen and oxygen atoms in total. The minimum atomic E-state index is -1.02. The molecule has 2 aromatic rings. The van der Waals surface area contributed by atoms with E-state index >= 15 is 0 Å². The van der Waals surface area contributed by atoms with E-state index in [4.69, 9.17) is 23.2 Å². The molecule has 0 saturated carbocycles. The van der Waals surface area contributed by atoms with Crippen molar-refractivity contribution < 1.29 is 4.21 Å². The Bertz CT molecular complexity index is 591. The van der Waals surface area contributed by atoms with Gasteiger partial charge in [-0.15, -0.1) is 0 Å². The first-order chi connectivity index (χ1) is 9.08. The predicted molar refractivity (Wildman–Crippen MR) is 83.2 cm³/mol. The summed E-state index contributed by atoms with van der Waals surface area (Å²) < 4.78 is 12.2. The van der Waals surface area contributed by atoms with E-state index in [0.717, 1.165) is 16.7 Å².